The molecule has 0 spiro atoms. The average Bonchev–Trinajstić information content (AvgIpc) is 3.92. The zero-order valence-electron chi connectivity index (χ0n) is 39.6. The molecule has 2 aromatic heterocycles. The van der Waals surface area contributed by atoms with Crippen molar-refractivity contribution in [3.05, 3.63) is 90.3 Å². The molecule has 66 heavy (non-hydrogen) atoms. The molecule has 7 atom stereocenters. The Kier molecular flexibility index (Phi) is 13.3. The van der Waals surface area contributed by atoms with E-state index in [0.29, 0.717) is 32.4 Å². The minimum absolute atomic E-state index is 0.0123. The molecule has 4 aliphatic rings. The lowest BCUT2D eigenvalue weighted by Gasteiger charge is -2.37. The van der Waals surface area contributed by atoms with Gasteiger partial charge in [0, 0.05) is 74.3 Å². The van der Waals surface area contributed by atoms with Crippen LogP contribution in [0.2, 0.25) is 0 Å². The molecule has 8 rings (SSSR count). The van der Waals surface area contributed by atoms with Gasteiger partial charge in [0.15, 0.2) is 0 Å². The van der Waals surface area contributed by atoms with E-state index in [0.717, 1.165) is 56.5 Å². The van der Waals surface area contributed by atoms with Gasteiger partial charge in [-0.25, -0.2) is 5.43 Å². The lowest BCUT2D eigenvalue weighted by atomic mass is 9.84. The number of aryl methyl sites for hydroxylation is 1. The Bertz CT molecular complexity index is 2550. The Morgan fingerprint density at radius 2 is 1.86 bits per heavy atom. The number of hydrogen-bond donors (Lipinski definition) is 2. The van der Waals surface area contributed by atoms with Gasteiger partial charge in [-0.2, -0.15) is 0 Å². The van der Waals surface area contributed by atoms with E-state index in [2.05, 4.69) is 79.1 Å². The summed E-state index contributed by atoms with van der Waals surface area (Å²) in [5.74, 6) is -2.37. The number of ether oxygens (including phenoxy) is 2. The van der Waals surface area contributed by atoms with E-state index < -0.39 is 47.2 Å². The first kappa shape index (κ1) is 46.7. The predicted octanol–water partition coefficient (Wildman–Crippen LogP) is 6.26. The van der Waals surface area contributed by atoms with E-state index in [4.69, 9.17) is 14.5 Å². The van der Waals surface area contributed by atoms with Crippen LogP contribution < -0.4 is 10.7 Å². The molecule has 1 aliphatic carbocycles. The van der Waals surface area contributed by atoms with Gasteiger partial charge in [-0.05, 0) is 104 Å². The Hall–Kier alpha value is -5.86. The zero-order chi connectivity index (χ0) is 47.2. The number of esters is 1. The van der Waals surface area contributed by atoms with E-state index >= 15 is 0 Å². The monoisotopic (exact) mass is 899 g/mol. The second-order valence-electron chi connectivity index (χ2n) is 19.8. The molecule has 350 valence electrons. The number of fused-ring (bicyclic) bond motifs is 7. The molecule has 3 fully saturated rings. The van der Waals surface area contributed by atoms with Gasteiger partial charge in [-0.15, -0.1) is 0 Å². The Morgan fingerprint density at radius 3 is 2.59 bits per heavy atom. The highest BCUT2D eigenvalue weighted by Gasteiger charge is 2.58. The van der Waals surface area contributed by atoms with Gasteiger partial charge in [0.1, 0.15) is 18.1 Å². The predicted molar refractivity (Wildman–Crippen MR) is 252 cm³/mol. The molecular formula is C52H65N7O7. The minimum Gasteiger partial charge on any atom is -0.464 e. The fraction of sp³-hybridized carbons (Fsp3) is 0.500. The molecule has 2 N–H and O–H groups in total. The van der Waals surface area contributed by atoms with E-state index in [-0.39, 0.29) is 55.4 Å². The highest BCUT2D eigenvalue weighted by Crippen LogP contribution is 2.49. The quantitative estimate of drug-likeness (QED) is 0.139. The molecule has 2 saturated heterocycles. The third kappa shape index (κ3) is 9.01. The van der Waals surface area contributed by atoms with Gasteiger partial charge in [0.2, 0.25) is 17.7 Å². The van der Waals surface area contributed by atoms with Gasteiger partial charge < -0.3 is 29.2 Å². The van der Waals surface area contributed by atoms with Crippen LogP contribution in [0.4, 0.5) is 0 Å². The van der Waals surface area contributed by atoms with Crippen molar-refractivity contribution in [2.24, 2.45) is 23.2 Å². The number of piperidine rings is 1. The van der Waals surface area contributed by atoms with Crippen molar-refractivity contribution in [3.63, 3.8) is 0 Å². The molecule has 4 amide bonds. The molecule has 0 radical (unpaired) electrons. The topological polar surface area (TPSA) is 155 Å². The second-order valence-corrected chi connectivity index (χ2v) is 19.8. The second kappa shape index (κ2) is 18.8. The zero-order valence-corrected chi connectivity index (χ0v) is 39.6. The van der Waals surface area contributed by atoms with Crippen LogP contribution in [0.3, 0.4) is 0 Å². The number of likely N-dealkylation sites (tertiary alicyclic amines) is 1. The molecule has 2 aromatic carbocycles. The number of carbonyl (C=O) groups excluding carboxylic acids is 5. The van der Waals surface area contributed by atoms with Crippen LogP contribution in [-0.4, -0.2) is 112 Å². The fourth-order valence-corrected chi connectivity index (χ4v) is 10.7. The van der Waals surface area contributed by atoms with Crippen LogP contribution in [0.5, 0.6) is 0 Å². The fourth-order valence-electron chi connectivity index (χ4n) is 10.7. The van der Waals surface area contributed by atoms with Gasteiger partial charge in [-0.1, -0.05) is 64.6 Å². The number of likely N-dealkylation sites (N-methyl/N-ethyl adjacent to an activating group) is 1. The van der Waals surface area contributed by atoms with E-state index in [1.807, 2.05) is 39.0 Å². The lowest BCUT2D eigenvalue weighted by Crippen LogP contribution is -2.62. The molecule has 14 heteroatoms. The number of hydrazine groups is 1. The number of cyclic esters (lactones) is 1. The van der Waals surface area contributed by atoms with Crippen LogP contribution in [0.25, 0.3) is 33.3 Å². The average molecular weight is 900 g/mol. The standard InChI is InChI=1S/C52H65N7O7/c1-10-44(60)58-28-39(37-26-43(37)58)49(62)56(8)46(30(3)4)48(61)54-41-24-32-15-12-16-33(23-32)34-19-20-42-36(25-34)38(47(57(42)11-2)35-17-13-21-53-45(35)31(5)65-9)27-52(6,7)29-66-51(64)40-18-14-22-59(55-40)50(41)63/h10,12-13,15-17,19-21,23,25,30-31,37,39-41,43,46,55H,1,11,14,18,22,24,26-29H2,2-9H3,(H,54,61)/t31-,37+,39+,40-,41-,43+,46-/m0/s1. The summed E-state index contributed by atoms with van der Waals surface area (Å²) in [6.45, 7) is 17.2. The number of benzene rings is 2. The summed E-state index contributed by atoms with van der Waals surface area (Å²) in [6.07, 6.45) is 5.33. The molecule has 5 heterocycles. The molecule has 1 saturated carbocycles. The van der Waals surface area contributed by atoms with Crippen LogP contribution in [0, 0.1) is 23.2 Å². The number of hydrogen-bond acceptors (Lipinski definition) is 9. The van der Waals surface area contributed by atoms with Gasteiger partial charge in [0.25, 0.3) is 5.91 Å². The third-order valence-electron chi connectivity index (χ3n) is 14.2. The highest BCUT2D eigenvalue weighted by molar-refractivity contribution is 5.96. The van der Waals surface area contributed by atoms with E-state index in [1.54, 1.807) is 25.3 Å². The number of rotatable bonds is 10. The van der Waals surface area contributed by atoms with Crippen molar-refractivity contribution in [1.82, 2.24) is 35.1 Å². The van der Waals surface area contributed by atoms with Crippen LogP contribution in [0.1, 0.15) is 83.7 Å². The van der Waals surface area contributed by atoms with Gasteiger partial charge in [-0.3, -0.25) is 34.0 Å². The van der Waals surface area contributed by atoms with Crippen molar-refractivity contribution < 1.29 is 33.4 Å². The molecule has 4 aromatic rings. The van der Waals surface area contributed by atoms with Crippen LogP contribution in [0.15, 0.2) is 73.4 Å². The summed E-state index contributed by atoms with van der Waals surface area (Å²) in [5, 5.41) is 5.60. The van der Waals surface area contributed by atoms with E-state index in [9.17, 15) is 24.0 Å². The summed E-state index contributed by atoms with van der Waals surface area (Å²) in [7, 11) is 3.33. The summed E-state index contributed by atoms with van der Waals surface area (Å²) < 4.78 is 14.3. The molecule has 0 unspecified atom stereocenters. The molecule has 3 aliphatic heterocycles. The number of aromatic nitrogens is 2. The van der Waals surface area contributed by atoms with Crippen LogP contribution in [-0.2, 0) is 52.8 Å². The third-order valence-corrected chi connectivity index (χ3v) is 14.2. The van der Waals surface area contributed by atoms with E-state index in [1.165, 1.54) is 16.0 Å². The number of nitrogens with zero attached hydrogens (tertiary/aromatic N) is 5. The largest absolute Gasteiger partial charge is 0.464 e. The number of nitrogens with one attached hydrogen (secondary N) is 2. The highest BCUT2D eigenvalue weighted by atomic mass is 16.5. The summed E-state index contributed by atoms with van der Waals surface area (Å²) in [6, 6.07) is 15.9. The maximum absolute atomic E-state index is 14.7. The lowest BCUT2D eigenvalue weighted by molar-refractivity contribution is -0.155. The molecular weight excluding hydrogens is 835 g/mol. The maximum atomic E-state index is 14.7. The molecule has 6 bridgehead atoms. The molecule has 14 nitrogen and oxygen atoms in total. The number of amides is 4. The van der Waals surface area contributed by atoms with Gasteiger partial charge >= 0.3 is 5.97 Å². The maximum Gasteiger partial charge on any atom is 0.324 e. The number of methoxy groups -OCH3 is 1. The summed E-state index contributed by atoms with van der Waals surface area (Å²) in [5.41, 5.74) is 10.5. The van der Waals surface area contributed by atoms with Crippen molar-refractivity contribution in [2.75, 3.05) is 33.9 Å². The Balaban J connectivity index is 1.17. The summed E-state index contributed by atoms with van der Waals surface area (Å²) in [4.78, 5) is 78.0. The van der Waals surface area contributed by atoms with Gasteiger partial charge in [0.05, 0.1) is 30.0 Å². The van der Waals surface area contributed by atoms with Crippen molar-refractivity contribution in [2.45, 2.75) is 110 Å². The Morgan fingerprint density at radius 1 is 1.09 bits per heavy atom. The SMILES string of the molecule is C=CC(=O)N1C[C@@H](C(=O)N(C)[C@H](C(=O)N[C@H]2Cc3cccc(c3)-c3ccc4c(c3)c(c(-c3cccnc3[C@H](C)OC)n4CC)CC(C)(C)COC(=O)[C@@H]3CCCN(N3)C2=O)C(C)C)[C@H]2C[C@H]21. The number of carbonyl (C=O) groups is 5. The first-order chi connectivity index (χ1) is 31.5. The smallest absolute Gasteiger partial charge is 0.324 e. The van der Waals surface area contributed by atoms with Crippen molar-refractivity contribution >= 4 is 40.5 Å². The van der Waals surface area contributed by atoms with Crippen molar-refractivity contribution in [1.29, 1.82) is 0 Å². The van der Waals surface area contributed by atoms with Crippen molar-refractivity contribution in [3.8, 4) is 22.4 Å². The normalized spacial score (nSPS) is 23.7. The Labute approximate surface area is 388 Å². The first-order valence-corrected chi connectivity index (χ1v) is 23.5. The minimum atomic E-state index is -1.05. The summed E-state index contributed by atoms with van der Waals surface area (Å²) >= 11 is 0. The first-order valence-electron chi connectivity index (χ1n) is 23.5. The number of pyridine rings is 1. The van der Waals surface area contributed by atoms with Crippen LogP contribution >= 0.6 is 0 Å².